The van der Waals surface area contributed by atoms with Gasteiger partial charge in [0, 0.05) is 23.8 Å². The van der Waals surface area contributed by atoms with Gasteiger partial charge < -0.3 is 64.2 Å². The van der Waals surface area contributed by atoms with Crippen LogP contribution >= 0.6 is 0 Å². The highest BCUT2D eigenvalue weighted by Gasteiger charge is 2.47. The molecule has 40 heavy (non-hydrogen) atoms. The van der Waals surface area contributed by atoms with Crippen molar-refractivity contribution in [3.05, 3.63) is 52.7 Å². The first kappa shape index (κ1) is 28.2. The van der Waals surface area contributed by atoms with Crippen LogP contribution in [0.5, 0.6) is 17.2 Å². The fourth-order valence-electron chi connectivity index (χ4n) is 4.56. The normalized spacial score (nSPS) is 32.4. The molecular formula is C26H28O14. The summed E-state index contributed by atoms with van der Waals surface area (Å²) in [6, 6.07) is 9.39. The highest BCUT2D eigenvalue weighted by Crippen LogP contribution is 2.34. The molecule has 1 aromatic heterocycles. The molecule has 216 valence electrons. The van der Waals surface area contributed by atoms with Crippen LogP contribution in [0.3, 0.4) is 0 Å². The lowest BCUT2D eigenvalue weighted by atomic mass is 9.99. The fraction of sp³-hybridized carbons (Fsp3) is 0.423. The van der Waals surface area contributed by atoms with Crippen LogP contribution in [0.25, 0.3) is 22.3 Å². The molecule has 2 saturated heterocycles. The summed E-state index contributed by atoms with van der Waals surface area (Å²) in [5.41, 5.74) is -0.147. The van der Waals surface area contributed by atoms with Crippen molar-refractivity contribution >= 4 is 11.0 Å². The van der Waals surface area contributed by atoms with Gasteiger partial charge in [0.2, 0.25) is 6.29 Å². The van der Waals surface area contributed by atoms with Crippen LogP contribution in [0.4, 0.5) is 0 Å². The minimum Gasteiger partial charge on any atom is -0.508 e. The number of phenols is 2. The third kappa shape index (κ3) is 5.36. The maximum absolute atomic E-state index is 12.7. The van der Waals surface area contributed by atoms with Gasteiger partial charge in [0.25, 0.3) is 0 Å². The van der Waals surface area contributed by atoms with E-state index in [0.29, 0.717) is 5.56 Å². The van der Waals surface area contributed by atoms with Gasteiger partial charge in [-0.25, -0.2) is 0 Å². The SMILES string of the molecule is O=c1cc(-c2ccc(O)cc2)oc2cc(O[C@@H]3OC(CO[C@@H]4O[C@@H](CO)C(O)C4O)[C@@H](O)[C@H](O)C3O)cc(O)c12. The summed E-state index contributed by atoms with van der Waals surface area (Å²) in [6.07, 6.45) is -13.4. The average molecular weight is 564 g/mol. The second kappa shape index (κ2) is 11.3. The highest BCUT2D eigenvalue weighted by molar-refractivity contribution is 5.86. The second-order valence-corrected chi connectivity index (χ2v) is 9.51. The van der Waals surface area contributed by atoms with Crippen molar-refractivity contribution in [1.82, 2.24) is 0 Å². The molecule has 14 nitrogen and oxygen atoms in total. The molecule has 0 bridgehead atoms. The van der Waals surface area contributed by atoms with Crippen molar-refractivity contribution in [3.8, 4) is 28.6 Å². The fourth-order valence-corrected chi connectivity index (χ4v) is 4.56. The zero-order chi connectivity index (χ0) is 28.7. The summed E-state index contributed by atoms with van der Waals surface area (Å²) in [5, 5.41) is 80.2. The summed E-state index contributed by atoms with van der Waals surface area (Å²) in [4.78, 5) is 12.7. The average Bonchev–Trinajstić information content (AvgIpc) is 3.20. The smallest absolute Gasteiger partial charge is 0.229 e. The number of aliphatic hydroxyl groups excluding tert-OH is 6. The van der Waals surface area contributed by atoms with Crippen molar-refractivity contribution in [1.29, 1.82) is 0 Å². The molecule has 0 saturated carbocycles. The van der Waals surface area contributed by atoms with Crippen LogP contribution in [0, 0.1) is 0 Å². The van der Waals surface area contributed by atoms with Crippen molar-refractivity contribution in [3.63, 3.8) is 0 Å². The van der Waals surface area contributed by atoms with Crippen molar-refractivity contribution in [2.24, 2.45) is 0 Å². The standard InChI is InChI=1S/C26H28O14/c27-8-17-20(31)23(34)25(39-17)36-9-18-21(32)22(33)24(35)26(40-18)37-12-5-13(29)19-14(30)7-15(38-16(19)6-12)10-1-3-11(28)4-2-10/h1-7,17-18,20-29,31-35H,8-9H2/t17-,18?,20?,21+,22-,23?,24?,25+,26+/m0/s1. The molecule has 2 aliphatic heterocycles. The lowest BCUT2D eigenvalue weighted by Gasteiger charge is -2.40. The van der Waals surface area contributed by atoms with E-state index in [1.807, 2.05) is 0 Å². The van der Waals surface area contributed by atoms with E-state index >= 15 is 0 Å². The van der Waals surface area contributed by atoms with Gasteiger partial charge in [-0.15, -0.1) is 0 Å². The Hall–Kier alpha value is -3.31. The maximum Gasteiger partial charge on any atom is 0.229 e. The molecule has 9 atom stereocenters. The van der Waals surface area contributed by atoms with Crippen LogP contribution in [0.15, 0.2) is 51.7 Å². The van der Waals surface area contributed by atoms with Gasteiger partial charge in [0.05, 0.1) is 13.2 Å². The molecule has 0 radical (unpaired) electrons. The number of hydrogen-bond acceptors (Lipinski definition) is 14. The Labute approximate surface area is 225 Å². The number of rotatable bonds is 7. The molecule has 0 aliphatic carbocycles. The van der Waals surface area contributed by atoms with Gasteiger partial charge in [-0.3, -0.25) is 4.79 Å². The summed E-state index contributed by atoms with van der Waals surface area (Å²) in [5.74, 6) is -0.454. The third-order valence-corrected chi connectivity index (χ3v) is 6.78. The lowest BCUT2D eigenvalue weighted by molar-refractivity contribution is -0.290. The Morgan fingerprint density at radius 2 is 1.43 bits per heavy atom. The summed E-state index contributed by atoms with van der Waals surface area (Å²) >= 11 is 0. The molecule has 2 aromatic carbocycles. The number of phenolic OH excluding ortho intramolecular Hbond substituents is 2. The van der Waals surface area contributed by atoms with Crippen LogP contribution in [0.1, 0.15) is 0 Å². The number of benzene rings is 2. The first-order valence-electron chi connectivity index (χ1n) is 12.3. The Balaban J connectivity index is 1.35. The first-order chi connectivity index (χ1) is 19.1. The molecule has 0 amide bonds. The van der Waals surface area contributed by atoms with E-state index in [2.05, 4.69) is 0 Å². The second-order valence-electron chi connectivity index (χ2n) is 9.51. The number of aromatic hydroxyl groups is 2. The molecule has 14 heteroatoms. The van der Waals surface area contributed by atoms with Gasteiger partial charge in [-0.1, -0.05) is 0 Å². The van der Waals surface area contributed by atoms with E-state index in [4.69, 9.17) is 23.4 Å². The zero-order valence-electron chi connectivity index (χ0n) is 20.7. The number of aliphatic hydroxyl groups is 6. The predicted molar refractivity (Wildman–Crippen MR) is 132 cm³/mol. The van der Waals surface area contributed by atoms with E-state index in [1.165, 1.54) is 36.4 Å². The monoisotopic (exact) mass is 564 g/mol. The summed E-state index contributed by atoms with van der Waals surface area (Å²) in [6.45, 7) is -1.05. The minimum atomic E-state index is -1.76. The van der Waals surface area contributed by atoms with E-state index in [9.17, 15) is 45.6 Å². The van der Waals surface area contributed by atoms with Crippen LogP contribution in [-0.4, -0.2) is 109 Å². The summed E-state index contributed by atoms with van der Waals surface area (Å²) in [7, 11) is 0. The number of fused-ring (bicyclic) bond motifs is 1. The third-order valence-electron chi connectivity index (χ3n) is 6.78. The van der Waals surface area contributed by atoms with E-state index < -0.39 is 79.7 Å². The molecule has 3 aromatic rings. The van der Waals surface area contributed by atoms with Gasteiger partial charge in [0.15, 0.2) is 11.7 Å². The molecule has 3 heterocycles. The number of ether oxygens (including phenoxy) is 4. The Morgan fingerprint density at radius 1 is 0.775 bits per heavy atom. The number of hydrogen-bond donors (Lipinski definition) is 8. The summed E-state index contributed by atoms with van der Waals surface area (Å²) < 4.78 is 27.6. The van der Waals surface area contributed by atoms with Crippen molar-refractivity contribution in [2.45, 2.75) is 55.3 Å². The molecule has 2 aliphatic rings. The maximum atomic E-state index is 12.7. The van der Waals surface area contributed by atoms with Gasteiger partial charge in [-0.2, -0.15) is 0 Å². The minimum absolute atomic E-state index is 0.0150. The van der Waals surface area contributed by atoms with Gasteiger partial charge in [-0.05, 0) is 24.3 Å². The van der Waals surface area contributed by atoms with Gasteiger partial charge >= 0.3 is 0 Å². The van der Waals surface area contributed by atoms with Crippen molar-refractivity contribution in [2.75, 3.05) is 13.2 Å². The molecule has 0 spiro atoms. The van der Waals surface area contributed by atoms with Gasteiger partial charge in [0.1, 0.15) is 76.7 Å². The zero-order valence-corrected chi connectivity index (χ0v) is 20.7. The van der Waals surface area contributed by atoms with Crippen LogP contribution < -0.4 is 10.2 Å². The highest BCUT2D eigenvalue weighted by atomic mass is 16.7. The van der Waals surface area contributed by atoms with Crippen LogP contribution in [0.2, 0.25) is 0 Å². The van der Waals surface area contributed by atoms with Crippen molar-refractivity contribution < 1.29 is 64.2 Å². The largest absolute Gasteiger partial charge is 0.508 e. The van der Waals surface area contributed by atoms with E-state index in [1.54, 1.807) is 0 Å². The molecule has 2 fully saturated rings. The van der Waals surface area contributed by atoms with E-state index in [-0.39, 0.29) is 28.2 Å². The Kier molecular flexibility index (Phi) is 7.96. The topological polar surface area (TPSA) is 229 Å². The molecule has 4 unspecified atom stereocenters. The quantitative estimate of drug-likeness (QED) is 0.164. The molecular weight excluding hydrogens is 536 g/mol. The van der Waals surface area contributed by atoms with E-state index in [0.717, 1.165) is 6.07 Å². The lowest BCUT2D eigenvalue weighted by Crippen LogP contribution is -2.60. The molecule has 8 N–H and O–H groups in total. The predicted octanol–water partition coefficient (Wildman–Crippen LogP) is -1.49. The Bertz CT molecular complexity index is 1390. The Morgan fingerprint density at radius 3 is 2.10 bits per heavy atom. The molecule has 5 rings (SSSR count). The van der Waals surface area contributed by atoms with Crippen LogP contribution in [-0.2, 0) is 14.2 Å². The first-order valence-corrected chi connectivity index (χ1v) is 12.3.